The summed E-state index contributed by atoms with van der Waals surface area (Å²) in [4.78, 5) is 12.5. The molecule has 0 aromatic heterocycles. The summed E-state index contributed by atoms with van der Waals surface area (Å²) in [7, 11) is 1.64. The Hall–Kier alpha value is -2.13. The van der Waals surface area contributed by atoms with Gasteiger partial charge in [-0.2, -0.15) is 0 Å². The number of rotatable bonds is 3. The third-order valence-corrected chi connectivity index (χ3v) is 4.25. The second kappa shape index (κ2) is 5.70. The number of carbonyl (C=O) groups is 1. The van der Waals surface area contributed by atoms with Gasteiger partial charge in [-0.25, -0.2) is 0 Å². The predicted molar refractivity (Wildman–Crippen MR) is 88.1 cm³/mol. The number of ether oxygens (including phenoxy) is 1. The lowest BCUT2D eigenvalue weighted by atomic mass is 10.00. The van der Waals surface area contributed by atoms with Crippen molar-refractivity contribution in [2.45, 2.75) is 0 Å². The minimum absolute atomic E-state index is 0.0319. The van der Waals surface area contributed by atoms with Crippen LogP contribution in [0.3, 0.4) is 0 Å². The van der Waals surface area contributed by atoms with Gasteiger partial charge in [0.1, 0.15) is 5.75 Å². The molecule has 0 N–H and O–H groups in total. The number of hydrogen-bond donors (Lipinski definition) is 0. The van der Waals surface area contributed by atoms with E-state index in [1.54, 1.807) is 7.11 Å². The summed E-state index contributed by atoms with van der Waals surface area (Å²) in [6.07, 6.45) is 0. The Labute approximate surface area is 131 Å². The summed E-state index contributed by atoms with van der Waals surface area (Å²) in [6, 6.07) is 18.9. The van der Waals surface area contributed by atoms with E-state index in [9.17, 15) is 4.79 Å². The van der Waals surface area contributed by atoms with Crippen LogP contribution in [-0.2, 0) is 0 Å². The van der Waals surface area contributed by atoms with Gasteiger partial charge in [-0.15, -0.1) is 0 Å². The van der Waals surface area contributed by atoms with Gasteiger partial charge in [0, 0.05) is 11.1 Å². The van der Waals surface area contributed by atoms with Gasteiger partial charge in [0.2, 0.25) is 0 Å². The standard InChI is InChI=1S/C18H13BrO2/c1-21-16-10-8-13-11-14(7-9-15(13)17(16)19)18(20)12-5-3-2-4-6-12/h2-11H,1H3. The largest absolute Gasteiger partial charge is 0.496 e. The maximum atomic E-state index is 12.5. The first kappa shape index (κ1) is 13.8. The third-order valence-electron chi connectivity index (χ3n) is 3.44. The SMILES string of the molecule is COc1ccc2cc(C(=O)c3ccccc3)ccc2c1Br. The number of ketones is 1. The Morgan fingerprint density at radius 3 is 2.43 bits per heavy atom. The molecule has 3 aromatic carbocycles. The minimum atomic E-state index is 0.0319. The lowest BCUT2D eigenvalue weighted by molar-refractivity contribution is 0.103. The molecule has 0 amide bonds. The van der Waals surface area contributed by atoms with Crippen LogP contribution in [0.4, 0.5) is 0 Å². The molecule has 0 fully saturated rings. The minimum Gasteiger partial charge on any atom is -0.496 e. The Balaban J connectivity index is 2.08. The molecule has 3 heteroatoms. The van der Waals surface area contributed by atoms with Gasteiger partial charge in [-0.3, -0.25) is 4.79 Å². The molecule has 3 aromatic rings. The third kappa shape index (κ3) is 2.57. The van der Waals surface area contributed by atoms with Gasteiger partial charge in [-0.05, 0) is 38.8 Å². The zero-order valence-electron chi connectivity index (χ0n) is 11.5. The van der Waals surface area contributed by atoms with E-state index in [0.29, 0.717) is 11.1 Å². The van der Waals surface area contributed by atoms with Crippen LogP contribution in [0.1, 0.15) is 15.9 Å². The lowest BCUT2D eigenvalue weighted by Gasteiger charge is -2.08. The van der Waals surface area contributed by atoms with Crippen molar-refractivity contribution < 1.29 is 9.53 Å². The molecular weight excluding hydrogens is 328 g/mol. The number of fused-ring (bicyclic) bond motifs is 1. The number of methoxy groups -OCH3 is 1. The first-order valence-electron chi connectivity index (χ1n) is 6.56. The van der Waals surface area contributed by atoms with Crippen molar-refractivity contribution in [3.8, 4) is 5.75 Å². The van der Waals surface area contributed by atoms with Crippen LogP contribution in [0.2, 0.25) is 0 Å². The van der Waals surface area contributed by atoms with Crippen molar-refractivity contribution in [2.24, 2.45) is 0 Å². The molecule has 21 heavy (non-hydrogen) atoms. The summed E-state index contributed by atoms with van der Waals surface area (Å²) in [5, 5.41) is 2.03. The molecule has 0 spiro atoms. The molecule has 0 unspecified atom stereocenters. The molecule has 0 aliphatic carbocycles. The van der Waals surface area contributed by atoms with Crippen LogP contribution in [0.5, 0.6) is 5.75 Å². The highest BCUT2D eigenvalue weighted by Gasteiger charge is 2.11. The zero-order chi connectivity index (χ0) is 14.8. The van der Waals surface area contributed by atoms with Crippen molar-refractivity contribution in [1.29, 1.82) is 0 Å². The van der Waals surface area contributed by atoms with Crippen LogP contribution in [-0.4, -0.2) is 12.9 Å². The van der Waals surface area contributed by atoms with Gasteiger partial charge >= 0.3 is 0 Å². The molecule has 2 nitrogen and oxygen atoms in total. The maximum Gasteiger partial charge on any atom is 0.193 e. The molecule has 0 radical (unpaired) electrons. The predicted octanol–water partition coefficient (Wildman–Crippen LogP) is 4.84. The summed E-state index contributed by atoms with van der Waals surface area (Å²) < 4.78 is 6.19. The maximum absolute atomic E-state index is 12.5. The van der Waals surface area contributed by atoms with Crippen LogP contribution < -0.4 is 4.74 Å². The van der Waals surface area contributed by atoms with Crippen LogP contribution in [0.15, 0.2) is 65.1 Å². The smallest absolute Gasteiger partial charge is 0.193 e. The van der Waals surface area contributed by atoms with Crippen LogP contribution >= 0.6 is 15.9 Å². The number of halogens is 1. The topological polar surface area (TPSA) is 26.3 Å². The molecular formula is C18H13BrO2. The summed E-state index contributed by atoms with van der Waals surface area (Å²) in [6.45, 7) is 0. The van der Waals surface area contributed by atoms with Gasteiger partial charge in [0.25, 0.3) is 0 Å². The van der Waals surface area contributed by atoms with Gasteiger partial charge in [-0.1, -0.05) is 48.5 Å². The molecule has 0 aliphatic rings. The van der Waals surface area contributed by atoms with Crippen LogP contribution in [0, 0.1) is 0 Å². The van der Waals surface area contributed by atoms with Gasteiger partial charge < -0.3 is 4.74 Å². The molecule has 0 aliphatic heterocycles. The first-order valence-corrected chi connectivity index (χ1v) is 7.36. The second-order valence-corrected chi connectivity index (χ2v) is 5.51. The van der Waals surface area contributed by atoms with Crippen molar-refractivity contribution in [1.82, 2.24) is 0 Å². The Bertz CT molecular complexity index is 810. The van der Waals surface area contributed by atoms with Gasteiger partial charge in [0.05, 0.1) is 11.6 Å². The molecule has 3 rings (SSSR count). The Kier molecular flexibility index (Phi) is 3.76. The zero-order valence-corrected chi connectivity index (χ0v) is 13.1. The molecule has 0 saturated carbocycles. The van der Waals surface area contributed by atoms with Crippen LogP contribution in [0.25, 0.3) is 10.8 Å². The fourth-order valence-electron chi connectivity index (χ4n) is 2.33. The average molecular weight is 341 g/mol. The number of hydrogen-bond acceptors (Lipinski definition) is 2. The lowest BCUT2D eigenvalue weighted by Crippen LogP contribution is -2.00. The first-order chi connectivity index (χ1) is 10.2. The Morgan fingerprint density at radius 1 is 0.952 bits per heavy atom. The highest BCUT2D eigenvalue weighted by atomic mass is 79.9. The average Bonchev–Trinajstić information content (AvgIpc) is 2.55. The van der Waals surface area contributed by atoms with E-state index in [0.717, 1.165) is 21.0 Å². The highest BCUT2D eigenvalue weighted by Crippen LogP contribution is 2.33. The van der Waals surface area contributed by atoms with E-state index in [1.807, 2.05) is 60.7 Å². The monoisotopic (exact) mass is 340 g/mol. The van der Waals surface area contributed by atoms with Crippen molar-refractivity contribution >= 4 is 32.5 Å². The second-order valence-electron chi connectivity index (χ2n) is 4.71. The van der Waals surface area contributed by atoms with E-state index >= 15 is 0 Å². The summed E-state index contributed by atoms with van der Waals surface area (Å²) in [5.74, 6) is 0.814. The fourth-order valence-corrected chi connectivity index (χ4v) is 2.98. The summed E-state index contributed by atoms with van der Waals surface area (Å²) in [5.41, 5.74) is 1.38. The quantitative estimate of drug-likeness (QED) is 0.637. The van der Waals surface area contributed by atoms with Crippen molar-refractivity contribution in [2.75, 3.05) is 7.11 Å². The molecule has 104 valence electrons. The molecule has 0 heterocycles. The number of benzene rings is 3. The van der Waals surface area contributed by atoms with Gasteiger partial charge in [0.15, 0.2) is 5.78 Å². The Morgan fingerprint density at radius 2 is 1.71 bits per heavy atom. The highest BCUT2D eigenvalue weighted by molar-refractivity contribution is 9.10. The van der Waals surface area contributed by atoms with Crippen molar-refractivity contribution in [3.05, 3.63) is 76.3 Å². The normalized spacial score (nSPS) is 10.6. The molecule has 0 saturated heterocycles. The molecule has 0 atom stereocenters. The molecule has 0 bridgehead atoms. The van der Waals surface area contributed by atoms with E-state index in [-0.39, 0.29) is 5.78 Å². The summed E-state index contributed by atoms with van der Waals surface area (Å²) >= 11 is 3.54. The van der Waals surface area contributed by atoms with E-state index in [4.69, 9.17) is 4.74 Å². The van der Waals surface area contributed by atoms with E-state index in [1.165, 1.54) is 0 Å². The van der Waals surface area contributed by atoms with E-state index < -0.39 is 0 Å². The van der Waals surface area contributed by atoms with E-state index in [2.05, 4.69) is 15.9 Å². The number of carbonyl (C=O) groups excluding carboxylic acids is 1. The fraction of sp³-hybridized carbons (Fsp3) is 0.0556. The van der Waals surface area contributed by atoms with Crippen molar-refractivity contribution in [3.63, 3.8) is 0 Å².